The van der Waals surface area contributed by atoms with Gasteiger partial charge in [0.2, 0.25) is 0 Å². The Hall–Kier alpha value is -0.0800. The molecule has 1 heterocycles. The molecule has 2 atom stereocenters. The second-order valence-electron chi connectivity index (χ2n) is 5.00. The van der Waals surface area contributed by atoms with Crippen molar-refractivity contribution in [3.8, 4) is 0 Å². The van der Waals surface area contributed by atoms with Crippen LogP contribution >= 0.6 is 0 Å². The Balaban J connectivity index is 2.67. The largest absolute Gasteiger partial charge is 0.389 e. The summed E-state index contributed by atoms with van der Waals surface area (Å²) in [6.45, 7) is 9.46. The van der Waals surface area contributed by atoms with Gasteiger partial charge < -0.3 is 5.11 Å². The first-order chi connectivity index (χ1) is 5.92. The zero-order valence-electron chi connectivity index (χ0n) is 9.38. The first-order valence-electron chi connectivity index (χ1n) is 5.40. The maximum atomic E-state index is 10.0. The highest BCUT2D eigenvalue weighted by Gasteiger charge is 2.30. The molecule has 2 heteroatoms. The van der Waals surface area contributed by atoms with Crippen LogP contribution in [0.25, 0.3) is 0 Å². The van der Waals surface area contributed by atoms with Gasteiger partial charge in [0.05, 0.1) is 5.60 Å². The van der Waals surface area contributed by atoms with E-state index in [2.05, 4.69) is 25.7 Å². The quantitative estimate of drug-likeness (QED) is 0.675. The fraction of sp³-hybridized carbons (Fsp3) is 1.00. The van der Waals surface area contributed by atoms with Crippen molar-refractivity contribution >= 4 is 0 Å². The summed E-state index contributed by atoms with van der Waals surface area (Å²) in [6.07, 6.45) is 3.31. The van der Waals surface area contributed by atoms with Gasteiger partial charge in [0.1, 0.15) is 0 Å². The van der Waals surface area contributed by atoms with Crippen molar-refractivity contribution in [2.24, 2.45) is 0 Å². The Morgan fingerprint density at radius 1 is 1.46 bits per heavy atom. The van der Waals surface area contributed by atoms with Crippen LogP contribution in [0.15, 0.2) is 0 Å². The van der Waals surface area contributed by atoms with Crippen molar-refractivity contribution in [3.05, 3.63) is 0 Å². The summed E-state index contributed by atoms with van der Waals surface area (Å²) in [7, 11) is 0. The lowest BCUT2D eigenvalue weighted by Crippen LogP contribution is -2.45. The highest BCUT2D eigenvalue weighted by Crippen LogP contribution is 2.25. The van der Waals surface area contributed by atoms with Crippen LogP contribution in [-0.4, -0.2) is 34.2 Å². The number of hydrogen-bond acceptors (Lipinski definition) is 2. The van der Waals surface area contributed by atoms with Crippen molar-refractivity contribution in [2.45, 2.75) is 64.6 Å². The zero-order valence-corrected chi connectivity index (χ0v) is 9.38. The molecule has 0 aliphatic carbocycles. The molecule has 1 fully saturated rings. The minimum atomic E-state index is -0.477. The summed E-state index contributed by atoms with van der Waals surface area (Å²) in [4.78, 5) is 2.41. The third kappa shape index (κ3) is 2.96. The molecule has 0 spiro atoms. The van der Waals surface area contributed by atoms with Crippen LogP contribution < -0.4 is 0 Å². The van der Waals surface area contributed by atoms with Crippen LogP contribution in [0.4, 0.5) is 0 Å². The normalized spacial score (nSPS) is 37.8. The molecule has 0 amide bonds. The third-order valence-electron chi connectivity index (χ3n) is 3.09. The summed E-state index contributed by atoms with van der Waals surface area (Å²) < 4.78 is 0. The summed E-state index contributed by atoms with van der Waals surface area (Å²) >= 11 is 0. The Morgan fingerprint density at radius 3 is 2.62 bits per heavy atom. The van der Waals surface area contributed by atoms with E-state index in [1.54, 1.807) is 0 Å². The van der Waals surface area contributed by atoms with E-state index in [1.807, 2.05) is 6.92 Å². The standard InChI is InChI=1S/C11H23NO/c1-9(2)12-8-11(4,13)7-5-6-10(12)3/h9-10,13H,5-8H2,1-4H3. The maximum Gasteiger partial charge on any atom is 0.0746 e. The van der Waals surface area contributed by atoms with E-state index in [4.69, 9.17) is 0 Å². The van der Waals surface area contributed by atoms with Gasteiger partial charge in [0.25, 0.3) is 0 Å². The minimum Gasteiger partial charge on any atom is -0.389 e. The van der Waals surface area contributed by atoms with Gasteiger partial charge in [-0.1, -0.05) is 0 Å². The highest BCUT2D eigenvalue weighted by atomic mass is 16.3. The Bertz CT molecular complexity index is 165. The number of aliphatic hydroxyl groups is 1. The lowest BCUT2D eigenvalue weighted by molar-refractivity contribution is 0.00609. The molecular formula is C11H23NO. The van der Waals surface area contributed by atoms with Crippen LogP contribution in [0.3, 0.4) is 0 Å². The summed E-state index contributed by atoms with van der Waals surface area (Å²) in [5.41, 5.74) is -0.477. The van der Waals surface area contributed by atoms with Crippen LogP contribution in [0.2, 0.25) is 0 Å². The second kappa shape index (κ2) is 3.97. The van der Waals surface area contributed by atoms with Gasteiger partial charge in [-0.2, -0.15) is 0 Å². The molecule has 0 saturated carbocycles. The van der Waals surface area contributed by atoms with Gasteiger partial charge in [-0.3, -0.25) is 4.90 Å². The van der Waals surface area contributed by atoms with E-state index in [1.165, 1.54) is 6.42 Å². The molecule has 78 valence electrons. The molecule has 2 nitrogen and oxygen atoms in total. The van der Waals surface area contributed by atoms with Crippen LogP contribution in [0.1, 0.15) is 47.0 Å². The van der Waals surface area contributed by atoms with Crippen LogP contribution in [0, 0.1) is 0 Å². The van der Waals surface area contributed by atoms with E-state index in [0.717, 1.165) is 19.4 Å². The summed E-state index contributed by atoms with van der Waals surface area (Å²) in [5.74, 6) is 0. The molecule has 1 saturated heterocycles. The predicted molar refractivity (Wildman–Crippen MR) is 55.8 cm³/mol. The smallest absolute Gasteiger partial charge is 0.0746 e. The van der Waals surface area contributed by atoms with E-state index in [-0.39, 0.29) is 0 Å². The summed E-state index contributed by atoms with van der Waals surface area (Å²) in [6, 6.07) is 1.16. The molecule has 1 aliphatic rings. The molecule has 0 aromatic rings. The van der Waals surface area contributed by atoms with E-state index < -0.39 is 5.60 Å². The van der Waals surface area contributed by atoms with Crippen molar-refractivity contribution < 1.29 is 5.11 Å². The molecule has 1 N–H and O–H groups in total. The number of β-amino-alcohol motifs (C(OH)–C–C–N with tert-alkyl or cyclic N) is 1. The molecule has 0 radical (unpaired) electrons. The second-order valence-corrected chi connectivity index (χ2v) is 5.00. The number of nitrogens with zero attached hydrogens (tertiary/aromatic N) is 1. The van der Waals surface area contributed by atoms with Crippen LogP contribution in [0.5, 0.6) is 0 Å². The number of hydrogen-bond donors (Lipinski definition) is 1. The first kappa shape index (κ1) is 11.0. The van der Waals surface area contributed by atoms with Gasteiger partial charge in [0, 0.05) is 18.6 Å². The maximum absolute atomic E-state index is 10.0. The topological polar surface area (TPSA) is 23.5 Å². The molecule has 2 unspecified atom stereocenters. The van der Waals surface area contributed by atoms with Gasteiger partial charge in [0.15, 0.2) is 0 Å². The molecule has 0 bridgehead atoms. The van der Waals surface area contributed by atoms with Crippen molar-refractivity contribution in [1.29, 1.82) is 0 Å². The van der Waals surface area contributed by atoms with Gasteiger partial charge in [-0.15, -0.1) is 0 Å². The Kier molecular flexibility index (Phi) is 3.36. The van der Waals surface area contributed by atoms with E-state index in [9.17, 15) is 5.11 Å². The van der Waals surface area contributed by atoms with Gasteiger partial charge in [-0.05, 0) is 47.0 Å². The number of rotatable bonds is 1. The van der Waals surface area contributed by atoms with E-state index >= 15 is 0 Å². The highest BCUT2D eigenvalue weighted by molar-refractivity contribution is 4.85. The molecular weight excluding hydrogens is 162 g/mol. The molecule has 1 rings (SSSR count). The van der Waals surface area contributed by atoms with Crippen molar-refractivity contribution in [3.63, 3.8) is 0 Å². The van der Waals surface area contributed by atoms with Gasteiger partial charge >= 0.3 is 0 Å². The van der Waals surface area contributed by atoms with Crippen LogP contribution in [-0.2, 0) is 0 Å². The lowest BCUT2D eigenvalue weighted by Gasteiger charge is -2.35. The fourth-order valence-electron chi connectivity index (χ4n) is 2.26. The summed E-state index contributed by atoms with van der Waals surface area (Å²) in [5, 5.41) is 10.0. The molecule has 0 aromatic heterocycles. The Labute approximate surface area is 81.9 Å². The minimum absolute atomic E-state index is 0.477. The molecule has 1 aliphatic heterocycles. The monoisotopic (exact) mass is 185 g/mol. The van der Waals surface area contributed by atoms with Gasteiger partial charge in [-0.25, -0.2) is 0 Å². The predicted octanol–water partition coefficient (Wildman–Crippen LogP) is 2.02. The van der Waals surface area contributed by atoms with Crippen molar-refractivity contribution in [2.75, 3.05) is 6.54 Å². The number of likely N-dealkylation sites (tertiary alicyclic amines) is 1. The van der Waals surface area contributed by atoms with E-state index in [0.29, 0.717) is 12.1 Å². The average Bonchev–Trinajstić information content (AvgIpc) is 2.10. The third-order valence-corrected chi connectivity index (χ3v) is 3.09. The zero-order chi connectivity index (χ0) is 10.1. The molecule has 0 aromatic carbocycles. The Morgan fingerprint density at radius 2 is 2.08 bits per heavy atom. The fourth-order valence-corrected chi connectivity index (χ4v) is 2.26. The SMILES string of the molecule is CC(C)N1CC(C)(O)CCCC1C. The lowest BCUT2D eigenvalue weighted by atomic mass is 10.0. The van der Waals surface area contributed by atoms with Crippen molar-refractivity contribution in [1.82, 2.24) is 4.90 Å². The first-order valence-corrected chi connectivity index (χ1v) is 5.40. The molecule has 13 heavy (non-hydrogen) atoms. The average molecular weight is 185 g/mol.